The number of carbonyl (C=O) groups is 2. The number of carbonyl (C=O) groups excluding carboxylic acids is 1. The number of hydrogen-bond acceptors (Lipinski definition) is 11. The van der Waals surface area contributed by atoms with Crippen molar-refractivity contribution in [2.75, 3.05) is 6.61 Å². The van der Waals surface area contributed by atoms with E-state index in [2.05, 4.69) is 0 Å². The first-order valence-electron chi connectivity index (χ1n) is 6.84. The number of rotatable bonds is 8. The predicted molar refractivity (Wildman–Crippen MR) is 70.4 cm³/mol. The summed E-state index contributed by atoms with van der Waals surface area (Å²) in [7, 11) is 0. The quantitative estimate of drug-likeness (QED) is 0.191. The van der Waals surface area contributed by atoms with Gasteiger partial charge in [0.15, 0.2) is 18.7 Å². The maximum atomic E-state index is 11.0. The van der Waals surface area contributed by atoms with Crippen LogP contribution < -0.4 is 0 Å². The summed E-state index contributed by atoms with van der Waals surface area (Å²) in [6.45, 7) is -0.932. The van der Waals surface area contributed by atoms with Crippen LogP contribution in [0.1, 0.15) is 0 Å². The molecular formula is C12H20O12. The molecule has 12 nitrogen and oxygen atoms in total. The van der Waals surface area contributed by atoms with E-state index in [1.54, 1.807) is 0 Å². The summed E-state index contributed by atoms with van der Waals surface area (Å²) in [5.41, 5.74) is 0. The Kier molecular flexibility index (Phi) is 7.59. The van der Waals surface area contributed by atoms with Crippen LogP contribution in [0.25, 0.3) is 0 Å². The Morgan fingerprint density at radius 2 is 1.67 bits per heavy atom. The van der Waals surface area contributed by atoms with Crippen molar-refractivity contribution in [3.05, 3.63) is 0 Å². The van der Waals surface area contributed by atoms with Crippen molar-refractivity contribution in [1.82, 2.24) is 0 Å². The lowest BCUT2D eigenvalue weighted by Crippen LogP contribution is -2.61. The van der Waals surface area contributed by atoms with Gasteiger partial charge in [-0.2, -0.15) is 0 Å². The summed E-state index contributed by atoms with van der Waals surface area (Å²) < 4.78 is 9.60. The van der Waals surface area contributed by atoms with Crippen LogP contribution in [0.4, 0.5) is 0 Å². The smallest absolute Gasteiger partial charge is 0.335 e. The summed E-state index contributed by atoms with van der Waals surface area (Å²) >= 11 is 0. The highest BCUT2D eigenvalue weighted by Crippen LogP contribution is 2.24. The lowest BCUT2D eigenvalue weighted by molar-refractivity contribution is -0.308. The van der Waals surface area contributed by atoms with E-state index in [9.17, 15) is 40.2 Å². The van der Waals surface area contributed by atoms with Crippen LogP contribution in [0.2, 0.25) is 0 Å². The van der Waals surface area contributed by atoms with Gasteiger partial charge in [-0.25, -0.2) is 4.79 Å². The van der Waals surface area contributed by atoms with Crippen LogP contribution in [0.5, 0.6) is 0 Å². The standard InChI is InChI=1S/C12H20O12/c13-1-3(15)5(16)6(17)4(2-14)23-12-9(20)7(18)8(19)10(24-12)11(21)22/h2-10,12-13,15-20H,1H2,(H,21,22)/t3-,4+,5+,6-,7+,8+,9-,10+,12+/m1/s1. The molecule has 1 rings (SSSR count). The number of aliphatic hydroxyl groups is 7. The van der Waals surface area contributed by atoms with Gasteiger partial charge in [-0.3, -0.25) is 0 Å². The molecule has 0 saturated carbocycles. The van der Waals surface area contributed by atoms with E-state index >= 15 is 0 Å². The van der Waals surface area contributed by atoms with Crippen LogP contribution in [0, 0.1) is 0 Å². The first-order chi connectivity index (χ1) is 11.1. The van der Waals surface area contributed by atoms with Gasteiger partial charge in [0, 0.05) is 0 Å². The molecule has 0 radical (unpaired) electrons. The van der Waals surface area contributed by atoms with E-state index in [4.69, 9.17) is 19.7 Å². The summed E-state index contributed by atoms with van der Waals surface area (Å²) in [4.78, 5) is 21.9. The molecule has 1 aliphatic rings. The molecule has 8 N–H and O–H groups in total. The van der Waals surface area contributed by atoms with Crippen LogP contribution in [-0.4, -0.2) is 115 Å². The van der Waals surface area contributed by atoms with Crippen molar-refractivity contribution in [3.8, 4) is 0 Å². The maximum Gasteiger partial charge on any atom is 0.335 e. The molecule has 24 heavy (non-hydrogen) atoms. The van der Waals surface area contributed by atoms with Crippen LogP contribution in [0.15, 0.2) is 0 Å². The SMILES string of the molecule is O=C[C@H](O[C@H]1O[C@H](C(=O)O)[C@@H](O)[C@H](O)[C@H]1O)[C@@H](O)[C@@H](O)[C@H](O)CO. The van der Waals surface area contributed by atoms with Gasteiger partial charge in [0.05, 0.1) is 6.61 Å². The van der Waals surface area contributed by atoms with Crippen LogP contribution in [0.3, 0.4) is 0 Å². The number of carboxylic acid groups (broad SMARTS) is 1. The molecule has 0 aliphatic carbocycles. The molecule has 1 fully saturated rings. The topological polar surface area (TPSA) is 214 Å². The number of ether oxygens (including phenoxy) is 2. The highest BCUT2D eigenvalue weighted by molar-refractivity contribution is 5.73. The second-order valence-electron chi connectivity index (χ2n) is 5.20. The second-order valence-corrected chi connectivity index (χ2v) is 5.20. The van der Waals surface area contributed by atoms with Crippen molar-refractivity contribution in [1.29, 1.82) is 0 Å². The van der Waals surface area contributed by atoms with Gasteiger partial charge in [-0.1, -0.05) is 0 Å². The van der Waals surface area contributed by atoms with Gasteiger partial charge in [-0.05, 0) is 0 Å². The highest BCUT2D eigenvalue weighted by Gasteiger charge is 2.49. The molecule has 140 valence electrons. The Bertz CT molecular complexity index is 430. The normalized spacial score (nSPS) is 35.7. The summed E-state index contributed by atoms with van der Waals surface area (Å²) in [5, 5.41) is 74.9. The van der Waals surface area contributed by atoms with Crippen molar-refractivity contribution in [2.24, 2.45) is 0 Å². The average molecular weight is 356 g/mol. The van der Waals surface area contributed by atoms with Gasteiger partial charge in [0.2, 0.25) is 0 Å². The zero-order valence-corrected chi connectivity index (χ0v) is 12.2. The van der Waals surface area contributed by atoms with Gasteiger partial charge in [0.1, 0.15) is 42.7 Å². The Hall–Kier alpha value is -1.22. The third-order valence-electron chi connectivity index (χ3n) is 3.51. The summed E-state index contributed by atoms with van der Waals surface area (Å²) in [6.07, 6.45) is -17.6. The van der Waals surface area contributed by atoms with Gasteiger partial charge in [-0.15, -0.1) is 0 Å². The van der Waals surface area contributed by atoms with Crippen LogP contribution >= 0.6 is 0 Å². The average Bonchev–Trinajstić information content (AvgIpc) is 2.56. The minimum absolute atomic E-state index is 0.0265. The fraction of sp³-hybridized carbons (Fsp3) is 0.833. The third kappa shape index (κ3) is 4.44. The minimum atomic E-state index is -2.06. The molecule has 9 atom stereocenters. The largest absolute Gasteiger partial charge is 0.479 e. The van der Waals surface area contributed by atoms with Gasteiger partial charge >= 0.3 is 5.97 Å². The minimum Gasteiger partial charge on any atom is -0.479 e. The number of aldehydes is 1. The number of aliphatic hydroxyl groups excluding tert-OH is 7. The van der Waals surface area contributed by atoms with E-state index in [1.165, 1.54) is 0 Å². The lowest BCUT2D eigenvalue weighted by Gasteiger charge is -2.40. The third-order valence-corrected chi connectivity index (χ3v) is 3.51. The number of hydrogen-bond donors (Lipinski definition) is 8. The maximum absolute atomic E-state index is 11.0. The van der Waals surface area contributed by atoms with E-state index in [-0.39, 0.29) is 6.29 Å². The Morgan fingerprint density at radius 3 is 2.12 bits per heavy atom. The molecule has 1 heterocycles. The Labute approximate surface area is 135 Å². The van der Waals surface area contributed by atoms with Crippen molar-refractivity contribution in [2.45, 2.75) is 55.1 Å². The molecule has 1 aliphatic heterocycles. The number of aliphatic carboxylic acids is 1. The number of carboxylic acids is 1. The van der Waals surface area contributed by atoms with E-state index in [0.29, 0.717) is 0 Å². The monoisotopic (exact) mass is 356 g/mol. The second kappa shape index (κ2) is 8.75. The molecule has 0 aromatic carbocycles. The Morgan fingerprint density at radius 1 is 1.08 bits per heavy atom. The van der Waals surface area contributed by atoms with E-state index < -0.39 is 67.7 Å². The molecule has 1 saturated heterocycles. The summed E-state index contributed by atoms with van der Waals surface area (Å²) in [6, 6.07) is 0. The first-order valence-corrected chi connectivity index (χ1v) is 6.84. The molecule has 0 bridgehead atoms. The molecular weight excluding hydrogens is 336 g/mol. The molecule has 12 heteroatoms. The zero-order valence-electron chi connectivity index (χ0n) is 12.2. The zero-order chi connectivity index (χ0) is 18.6. The van der Waals surface area contributed by atoms with Crippen molar-refractivity contribution >= 4 is 12.3 Å². The fourth-order valence-electron chi connectivity index (χ4n) is 2.04. The van der Waals surface area contributed by atoms with Crippen molar-refractivity contribution < 1.29 is 59.9 Å². The molecule has 0 spiro atoms. The van der Waals surface area contributed by atoms with Gasteiger partial charge in [0.25, 0.3) is 0 Å². The lowest BCUT2D eigenvalue weighted by atomic mass is 9.98. The molecule has 0 unspecified atom stereocenters. The Balaban J connectivity index is 2.86. The fourth-order valence-corrected chi connectivity index (χ4v) is 2.04. The molecule has 0 aromatic heterocycles. The molecule has 0 amide bonds. The predicted octanol–water partition coefficient (Wildman–Crippen LogP) is -5.46. The first kappa shape index (κ1) is 20.8. The van der Waals surface area contributed by atoms with Gasteiger partial charge < -0.3 is 55.1 Å². The van der Waals surface area contributed by atoms with E-state index in [0.717, 1.165) is 0 Å². The van der Waals surface area contributed by atoms with Crippen molar-refractivity contribution in [3.63, 3.8) is 0 Å². The summed E-state index contributed by atoms with van der Waals surface area (Å²) in [5.74, 6) is -1.68. The van der Waals surface area contributed by atoms with Crippen LogP contribution in [-0.2, 0) is 19.1 Å². The highest BCUT2D eigenvalue weighted by atomic mass is 16.7. The molecule has 0 aromatic rings. The van der Waals surface area contributed by atoms with E-state index in [1.807, 2.05) is 0 Å².